The van der Waals surface area contributed by atoms with Crippen molar-refractivity contribution in [1.29, 1.82) is 0 Å². The maximum absolute atomic E-state index is 3.59. The lowest BCUT2D eigenvalue weighted by molar-refractivity contribution is 0.0825. The van der Waals surface area contributed by atoms with E-state index in [1.165, 1.54) is 42.6 Å². The van der Waals surface area contributed by atoms with E-state index >= 15 is 0 Å². The molecule has 2 aliphatic heterocycles. The summed E-state index contributed by atoms with van der Waals surface area (Å²) in [5.74, 6) is 0. The van der Waals surface area contributed by atoms with E-state index in [1.807, 2.05) is 0 Å². The molecular weight excluding hydrogens is 300 g/mol. The third-order valence-electron chi connectivity index (χ3n) is 3.83. The Labute approximate surface area is 118 Å². The van der Waals surface area contributed by atoms with Gasteiger partial charge in [-0.2, -0.15) is 0 Å². The molecule has 1 atom stereocenters. The van der Waals surface area contributed by atoms with Crippen LogP contribution >= 0.6 is 28.3 Å². The average Bonchev–Trinajstić information content (AvgIpc) is 2.29. The number of benzene rings is 1. The summed E-state index contributed by atoms with van der Waals surface area (Å²) in [5.41, 5.74) is 3.08. The van der Waals surface area contributed by atoms with Crippen molar-refractivity contribution in [2.75, 3.05) is 33.2 Å². The average molecular weight is 318 g/mol. The van der Waals surface area contributed by atoms with Crippen molar-refractivity contribution in [3.05, 3.63) is 33.8 Å². The Kier molecular flexibility index (Phi) is 4.14. The first-order valence-corrected chi connectivity index (χ1v) is 6.74. The molecule has 17 heavy (non-hydrogen) atoms. The van der Waals surface area contributed by atoms with E-state index in [0.717, 1.165) is 0 Å². The Bertz CT molecular complexity index is 410. The summed E-state index contributed by atoms with van der Waals surface area (Å²) in [6.45, 7) is 4.82. The highest BCUT2D eigenvalue weighted by Gasteiger charge is 2.31. The Hall–Kier alpha value is -0.0900. The quantitative estimate of drug-likeness (QED) is 0.726. The van der Waals surface area contributed by atoms with Crippen LogP contribution in [0.5, 0.6) is 0 Å². The fourth-order valence-electron chi connectivity index (χ4n) is 2.89. The Morgan fingerprint density at radius 1 is 1.24 bits per heavy atom. The molecule has 4 heteroatoms. The summed E-state index contributed by atoms with van der Waals surface area (Å²) in [6.07, 6.45) is 1.21. The fraction of sp³-hybridized carbons (Fsp3) is 0.538. The fourth-order valence-corrected chi connectivity index (χ4v) is 3.27. The van der Waals surface area contributed by atoms with Crippen LogP contribution in [-0.4, -0.2) is 43.0 Å². The molecule has 1 aromatic carbocycles. The molecule has 0 N–H and O–H groups in total. The Morgan fingerprint density at radius 2 is 2.06 bits per heavy atom. The van der Waals surface area contributed by atoms with Crippen molar-refractivity contribution < 1.29 is 0 Å². The predicted molar refractivity (Wildman–Crippen MR) is 76.9 cm³/mol. The number of hydrogen-bond acceptors (Lipinski definition) is 2. The molecule has 3 rings (SSSR count). The molecule has 2 nitrogen and oxygen atoms in total. The largest absolute Gasteiger partial charge is 0.303 e. The number of rotatable bonds is 0. The third-order valence-corrected chi connectivity index (χ3v) is 4.32. The van der Waals surface area contributed by atoms with Crippen LogP contribution in [-0.2, 0) is 6.42 Å². The molecule has 1 unspecified atom stereocenters. The van der Waals surface area contributed by atoms with Crippen LogP contribution in [0.15, 0.2) is 22.7 Å². The van der Waals surface area contributed by atoms with Crippen molar-refractivity contribution in [3.63, 3.8) is 0 Å². The summed E-state index contributed by atoms with van der Waals surface area (Å²) in [6, 6.07) is 7.37. The van der Waals surface area contributed by atoms with Gasteiger partial charge >= 0.3 is 0 Å². The van der Waals surface area contributed by atoms with Gasteiger partial charge in [0.05, 0.1) is 0 Å². The number of halogens is 2. The second-order valence-corrected chi connectivity index (χ2v) is 5.82. The van der Waals surface area contributed by atoms with Crippen molar-refractivity contribution in [2.24, 2.45) is 0 Å². The van der Waals surface area contributed by atoms with Crippen molar-refractivity contribution in [2.45, 2.75) is 12.5 Å². The second kappa shape index (κ2) is 5.27. The third kappa shape index (κ3) is 2.53. The minimum absolute atomic E-state index is 0. The zero-order chi connectivity index (χ0) is 11.1. The summed E-state index contributed by atoms with van der Waals surface area (Å²) >= 11 is 3.59. The van der Waals surface area contributed by atoms with Crippen LogP contribution in [0.4, 0.5) is 0 Å². The molecule has 0 aliphatic carbocycles. The van der Waals surface area contributed by atoms with Crippen LogP contribution < -0.4 is 0 Å². The monoisotopic (exact) mass is 316 g/mol. The highest BCUT2D eigenvalue weighted by Crippen LogP contribution is 2.33. The van der Waals surface area contributed by atoms with E-state index in [9.17, 15) is 0 Å². The van der Waals surface area contributed by atoms with Gasteiger partial charge in [0.2, 0.25) is 0 Å². The zero-order valence-corrected chi connectivity index (χ0v) is 12.4. The van der Waals surface area contributed by atoms with Gasteiger partial charge in [-0.3, -0.25) is 4.90 Å². The van der Waals surface area contributed by atoms with Gasteiger partial charge in [-0.15, -0.1) is 12.4 Å². The topological polar surface area (TPSA) is 6.48 Å². The number of piperazine rings is 1. The van der Waals surface area contributed by atoms with Crippen LogP contribution in [0.2, 0.25) is 0 Å². The standard InChI is InChI=1S/C13H17BrN2.ClH/c1-15-6-7-16-5-4-10-2-3-11(14)8-12(10)13(16)9-15;/h2-3,8,13H,4-7,9H2,1H3;1H. The van der Waals surface area contributed by atoms with Crippen molar-refractivity contribution >= 4 is 28.3 Å². The SMILES string of the molecule is CN1CCN2CCc3ccc(Br)cc3C2C1.Cl. The van der Waals surface area contributed by atoms with Crippen LogP contribution in [0, 0.1) is 0 Å². The van der Waals surface area contributed by atoms with Gasteiger partial charge in [-0.1, -0.05) is 22.0 Å². The molecule has 0 saturated carbocycles. The maximum atomic E-state index is 3.59. The number of hydrogen-bond donors (Lipinski definition) is 0. The van der Waals surface area contributed by atoms with Crippen molar-refractivity contribution in [1.82, 2.24) is 9.80 Å². The van der Waals surface area contributed by atoms with Crippen LogP contribution in [0.1, 0.15) is 17.2 Å². The van der Waals surface area contributed by atoms with E-state index < -0.39 is 0 Å². The molecule has 0 aromatic heterocycles. The van der Waals surface area contributed by atoms with Gasteiger partial charge in [0, 0.05) is 36.7 Å². The first-order valence-electron chi connectivity index (χ1n) is 5.95. The summed E-state index contributed by atoms with van der Waals surface area (Å²) in [4.78, 5) is 5.08. The second-order valence-electron chi connectivity index (χ2n) is 4.91. The number of fused-ring (bicyclic) bond motifs is 3. The van der Waals surface area contributed by atoms with E-state index in [2.05, 4.69) is 51.0 Å². The number of nitrogens with zero attached hydrogens (tertiary/aromatic N) is 2. The lowest BCUT2D eigenvalue weighted by Crippen LogP contribution is -2.49. The highest BCUT2D eigenvalue weighted by atomic mass is 79.9. The molecule has 94 valence electrons. The zero-order valence-electron chi connectivity index (χ0n) is 10.0. The first kappa shape index (κ1) is 13.3. The Balaban J connectivity index is 0.00000108. The molecule has 1 saturated heterocycles. The smallest absolute Gasteiger partial charge is 0.0478 e. The molecule has 0 spiro atoms. The molecule has 0 bridgehead atoms. The van der Waals surface area contributed by atoms with E-state index in [4.69, 9.17) is 0 Å². The minimum atomic E-state index is 0. The molecule has 0 radical (unpaired) electrons. The highest BCUT2D eigenvalue weighted by molar-refractivity contribution is 9.10. The maximum Gasteiger partial charge on any atom is 0.0478 e. The van der Waals surface area contributed by atoms with Gasteiger partial charge in [0.1, 0.15) is 0 Å². The molecule has 2 aliphatic rings. The van der Waals surface area contributed by atoms with Gasteiger partial charge < -0.3 is 4.90 Å². The molecule has 1 fully saturated rings. The van der Waals surface area contributed by atoms with Gasteiger partial charge in [-0.25, -0.2) is 0 Å². The molecule has 1 aromatic rings. The minimum Gasteiger partial charge on any atom is -0.303 e. The van der Waals surface area contributed by atoms with E-state index in [0.29, 0.717) is 6.04 Å². The van der Waals surface area contributed by atoms with Gasteiger partial charge in [0.25, 0.3) is 0 Å². The molecular formula is C13H18BrClN2. The van der Waals surface area contributed by atoms with Crippen LogP contribution in [0.3, 0.4) is 0 Å². The summed E-state index contributed by atoms with van der Waals surface area (Å²) < 4.78 is 1.21. The summed E-state index contributed by atoms with van der Waals surface area (Å²) in [7, 11) is 2.23. The molecule has 2 heterocycles. The normalized spacial score (nSPS) is 24.7. The Morgan fingerprint density at radius 3 is 2.88 bits per heavy atom. The van der Waals surface area contributed by atoms with Gasteiger partial charge in [0.15, 0.2) is 0 Å². The lowest BCUT2D eigenvalue weighted by Gasteiger charge is -2.43. The number of likely N-dealkylation sites (N-methyl/N-ethyl adjacent to an activating group) is 1. The van der Waals surface area contributed by atoms with E-state index in [1.54, 1.807) is 5.56 Å². The predicted octanol–water partition coefficient (Wildman–Crippen LogP) is 2.72. The lowest BCUT2D eigenvalue weighted by atomic mass is 9.91. The van der Waals surface area contributed by atoms with Gasteiger partial charge in [-0.05, 0) is 36.7 Å². The molecule has 0 amide bonds. The van der Waals surface area contributed by atoms with E-state index in [-0.39, 0.29) is 12.4 Å². The summed E-state index contributed by atoms with van der Waals surface area (Å²) in [5, 5.41) is 0. The van der Waals surface area contributed by atoms with Crippen molar-refractivity contribution in [3.8, 4) is 0 Å². The van der Waals surface area contributed by atoms with Crippen LogP contribution in [0.25, 0.3) is 0 Å². The first-order chi connectivity index (χ1) is 7.74.